The second-order valence-corrected chi connectivity index (χ2v) is 5.51. The summed E-state index contributed by atoms with van der Waals surface area (Å²) in [5.41, 5.74) is 0. The van der Waals surface area contributed by atoms with Gasteiger partial charge < -0.3 is 4.74 Å². The molecule has 0 amide bonds. The SMILES string of the molecule is CCCCC(C)OC(=S)C(Cl)(Cl)Cl. The second-order valence-electron chi connectivity index (χ2n) is 2.86. The molecular formula is C8H13Cl3OS. The third kappa shape index (κ3) is 6.78. The highest BCUT2D eigenvalue weighted by atomic mass is 35.6. The Morgan fingerprint density at radius 2 is 2.00 bits per heavy atom. The van der Waals surface area contributed by atoms with Crippen molar-refractivity contribution in [3.8, 4) is 0 Å². The Kier molecular flexibility index (Phi) is 6.65. The maximum absolute atomic E-state index is 5.53. The fourth-order valence-corrected chi connectivity index (χ4v) is 1.10. The van der Waals surface area contributed by atoms with Crippen molar-refractivity contribution >= 4 is 52.1 Å². The van der Waals surface area contributed by atoms with E-state index in [2.05, 4.69) is 6.92 Å². The summed E-state index contributed by atoms with van der Waals surface area (Å²) in [5, 5.41) is 0.0288. The van der Waals surface area contributed by atoms with E-state index in [-0.39, 0.29) is 11.2 Å². The highest BCUT2D eigenvalue weighted by Gasteiger charge is 2.29. The van der Waals surface area contributed by atoms with Gasteiger partial charge >= 0.3 is 0 Å². The van der Waals surface area contributed by atoms with E-state index in [4.69, 9.17) is 51.8 Å². The van der Waals surface area contributed by atoms with Gasteiger partial charge in [-0.05, 0) is 25.6 Å². The minimum atomic E-state index is -1.59. The molecule has 1 nitrogen and oxygen atoms in total. The second kappa shape index (κ2) is 6.28. The van der Waals surface area contributed by atoms with Crippen molar-refractivity contribution in [1.29, 1.82) is 0 Å². The quantitative estimate of drug-likeness (QED) is 0.553. The Labute approximate surface area is 99.7 Å². The molecule has 0 fully saturated rings. The molecule has 0 aromatic rings. The number of hydrogen-bond acceptors (Lipinski definition) is 2. The van der Waals surface area contributed by atoms with Gasteiger partial charge in [-0.15, -0.1) is 0 Å². The van der Waals surface area contributed by atoms with Gasteiger partial charge in [0.05, 0.1) is 6.10 Å². The van der Waals surface area contributed by atoms with Gasteiger partial charge in [0, 0.05) is 0 Å². The van der Waals surface area contributed by atoms with Gasteiger partial charge in [0.15, 0.2) is 0 Å². The number of hydrogen-bond donors (Lipinski definition) is 0. The van der Waals surface area contributed by atoms with Crippen molar-refractivity contribution in [3.05, 3.63) is 0 Å². The molecule has 0 aliphatic rings. The largest absolute Gasteiger partial charge is 0.480 e. The summed E-state index contributed by atoms with van der Waals surface area (Å²) < 4.78 is 3.66. The zero-order valence-electron chi connectivity index (χ0n) is 7.65. The van der Waals surface area contributed by atoms with Crippen molar-refractivity contribution in [2.24, 2.45) is 0 Å². The molecular weight excluding hydrogens is 251 g/mol. The molecule has 0 saturated carbocycles. The molecule has 0 aliphatic carbocycles. The summed E-state index contributed by atoms with van der Waals surface area (Å²) in [6.45, 7) is 4.03. The molecule has 1 unspecified atom stereocenters. The van der Waals surface area contributed by atoms with Crippen molar-refractivity contribution in [2.45, 2.75) is 43.0 Å². The Balaban J connectivity index is 3.79. The summed E-state index contributed by atoms with van der Waals surface area (Å²) in [4.78, 5) is 0. The van der Waals surface area contributed by atoms with Crippen LogP contribution in [0.1, 0.15) is 33.1 Å². The monoisotopic (exact) mass is 262 g/mol. The van der Waals surface area contributed by atoms with Crippen LogP contribution in [0.3, 0.4) is 0 Å². The van der Waals surface area contributed by atoms with E-state index >= 15 is 0 Å². The van der Waals surface area contributed by atoms with Gasteiger partial charge in [-0.1, -0.05) is 54.6 Å². The van der Waals surface area contributed by atoms with E-state index in [1.807, 2.05) is 6.92 Å². The molecule has 13 heavy (non-hydrogen) atoms. The highest BCUT2D eigenvalue weighted by Crippen LogP contribution is 2.29. The van der Waals surface area contributed by atoms with Crippen molar-refractivity contribution < 1.29 is 4.74 Å². The zero-order valence-corrected chi connectivity index (χ0v) is 10.7. The Hall–Kier alpha value is 0.760. The fraction of sp³-hybridized carbons (Fsp3) is 0.875. The van der Waals surface area contributed by atoms with Gasteiger partial charge in [0.2, 0.25) is 5.05 Å². The molecule has 0 heterocycles. The zero-order chi connectivity index (χ0) is 10.5. The van der Waals surface area contributed by atoms with Crippen molar-refractivity contribution in [2.75, 3.05) is 0 Å². The molecule has 0 bridgehead atoms. The van der Waals surface area contributed by atoms with Crippen molar-refractivity contribution in [1.82, 2.24) is 0 Å². The Morgan fingerprint density at radius 3 is 2.38 bits per heavy atom. The van der Waals surface area contributed by atoms with Crippen LogP contribution in [-0.4, -0.2) is 14.9 Å². The fourth-order valence-electron chi connectivity index (χ4n) is 0.800. The average molecular weight is 264 g/mol. The van der Waals surface area contributed by atoms with E-state index in [0.29, 0.717) is 0 Å². The Bertz CT molecular complexity index is 167. The number of halogens is 3. The summed E-state index contributed by atoms with van der Waals surface area (Å²) >= 11 is 21.4. The van der Waals surface area contributed by atoms with Crippen LogP contribution in [0, 0.1) is 0 Å². The number of rotatable bonds is 4. The summed E-state index contributed by atoms with van der Waals surface area (Å²) in [6, 6.07) is 0. The lowest BCUT2D eigenvalue weighted by atomic mass is 10.2. The molecule has 0 rings (SSSR count). The molecule has 0 radical (unpaired) electrons. The van der Waals surface area contributed by atoms with Gasteiger partial charge in [-0.3, -0.25) is 0 Å². The summed E-state index contributed by atoms with van der Waals surface area (Å²) in [5.74, 6) is 0. The first-order valence-corrected chi connectivity index (χ1v) is 5.70. The first-order chi connectivity index (χ1) is 5.88. The topological polar surface area (TPSA) is 9.23 Å². The molecule has 0 aromatic heterocycles. The Morgan fingerprint density at radius 1 is 1.46 bits per heavy atom. The number of thiocarbonyl (C=S) groups is 1. The van der Waals surface area contributed by atoms with Crippen LogP contribution in [0.2, 0.25) is 0 Å². The molecule has 1 atom stereocenters. The molecule has 0 spiro atoms. The first kappa shape index (κ1) is 13.8. The normalized spacial score (nSPS) is 13.9. The molecule has 0 aromatic carbocycles. The van der Waals surface area contributed by atoms with Gasteiger partial charge in [-0.2, -0.15) is 0 Å². The standard InChI is InChI=1S/C8H13Cl3OS/c1-3-4-5-6(2)12-7(13)8(9,10)11/h6H,3-5H2,1-2H3. The molecule has 78 valence electrons. The lowest BCUT2D eigenvalue weighted by Gasteiger charge is -2.18. The van der Waals surface area contributed by atoms with Crippen LogP contribution in [0.5, 0.6) is 0 Å². The smallest absolute Gasteiger partial charge is 0.258 e. The average Bonchev–Trinajstić information content (AvgIpc) is 1.99. The number of ether oxygens (including phenoxy) is 1. The first-order valence-electron chi connectivity index (χ1n) is 4.15. The van der Waals surface area contributed by atoms with Gasteiger partial charge in [0.1, 0.15) is 0 Å². The van der Waals surface area contributed by atoms with E-state index in [0.717, 1.165) is 19.3 Å². The third-order valence-electron chi connectivity index (χ3n) is 1.50. The molecule has 0 aliphatic heterocycles. The van der Waals surface area contributed by atoms with E-state index < -0.39 is 3.79 Å². The number of unbranched alkanes of at least 4 members (excludes halogenated alkanes) is 1. The summed E-state index contributed by atoms with van der Waals surface area (Å²) in [7, 11) is 0. The van der Waals surface area contributed by atoms with Gasteiger partial charge in [-0.25, -0.2) is 0 Å². The van der Waals surface area contributed by atoms with Crippen LogP contribution in [0.25, 0.3) is 0 Å². The van der Waals surface area contributed by atoms with Crippen LogP contribution >= 0.6 is 47.0 Å². The predicted molar refractivity (Wildman–Crippen MR) is 63.0 cm³/mol. The van der Waals surface area contributed by atoms with Crippen LogP contribution in [-0.2, 0) is 4.74 Å². The van der Waals surface area contributed by atoms with E-state index in [9.17, 15) is 0 Å². The van der Waals surface area contributed by atoms with Gasteiger partial charge in [0.25, 0.3) is 3.79 Å². The maximum atomic E-state index is 5.53. The minimum absolute atomic E-state index is 0.0167. The lowest BCUT2D eigenvalue weighted by Crippen LogP contribution is -2.24. The highest BCUT2D eigenvalue weighted by molar-refractivity contribution is 7.80. The van der Waals surface area contributed by atoms with Crippen LogP contribution in [0.15, 0.2) is 0 Å². The van der Waals surface area contributed by atoms with Crippen LogP contribution < -0.4 is 0 Å². The van der Waals surface area contributed by atoms with Crippen molar-refractivity contribution in [3.63, 3.8) is 0 Å². The molecule has 5 heteroatoms. The van der Waals surface area contributed by atoms with E-state index in [1.54, 1.807) is 0 Å². The molecule has 0 N–H and O–H groups in total. The number of alkyl halides is 3. The lowest BCUT2D eigenvalue weighted by molar-refractivity contribution is 0.196. The summed E-state index contributed by atoms with van der Waals surface area (Å²) in [6.07, 6.45) is 3.15. The van der Waals surface area contributed by atoms with Crippen LogP contribution in [0.4, 0.5) is 0 Å². The van der Waals surface area contributed by atoms with E-state index in [1.165, 1.54) is 0 Å². The molecule has 0 saturated heterocycles. The third-order valence-corrected chi connectivity index (χ3v) is 2.76. The predicted octanol–water partition coefficient (Wildman–Crippen LogP) is 4.28. The maximum Gasteiger partial charge on any atom is 0.258 e. The minimum Gasteiger partial charge on any atom is -0.480 e.